The van der Waals surface area contributed by atoms with Crippen LogP contribution in [-0.4, -0.2) is 26.7 Å². The van der Waals surface area contributed by atoms with Gasteiger partial charge < -0.3 is 10.7 Å². The summed E-state index contributed by atoms with van der Waals surface area (Å²) in [5.74, 6) is -0.104. The third-order valence-electron chi connectivity index (χ3n) is 4.05. The number of pyridine rings is 1. The van der Waals surface area contributed by atoms with E-state index in [1.807, 2.05) is 0 Å². The maximum atomic E-state index is 13.1. The summed E-state index contributed by atoms with van der Waals surface area (Å²) in [4.78, 5) is 17.4. The quantitative estimate of drug-likeness (QED) is 0.473. The van der Waals surface area contributed by atoms with Crippen molar-refractivity contribution in [3.05, 3.63) is 70.1 Å². The van der Waals surface area contributed by atoms with Gasteiger partial charge in [0.15, 0.2) is 5.43 Å². The normalized spacial score (nSPS) is 11.8. The van der Waals surface area contributed by atoms with Crippen LogP contribution in [0, 0.1) is 5.41 Å². The van der Waals surface area contributed by atoms with Crippen LogP contribution in [0.25, 0.3) is 27.2 Å². The molecule has 26 heavy (non-hydrogen) atoms. The van der Waals surface area contributed by atoms with Crippen molar-refractivity contribution in [2.45, 2.75) is 5.75 Å². The zero-order chi connectivity index (χ0) is 18.7. The number of aromatic nitrogens is 1. The highest BCUT2D eigenvalue weighted by Crippen LogP contribution is 2.19. The Labute approximate surface area is 151 Å². The van der Waals surface area contributed by atoms with E-state index in [-0.39, 0.29) is 11.2 Å². The van der Waals surface area contributed by atoms with Crippen molar-refractivity contribution in [3.8, 4) is 0 Å². The number of allylic oxidation sites excluding steroid dienone is 1. The second kappa shape index (κ2) is 7.45. The van der Waals surface area contributed by atoms with Gasteiger partial charge in [0.25, 0.3) is 0 Å². The predicted molar refractivity (Wildman–Crippen MR) is 105 cm³/mol. The molecule has 7 heteroatoms. The van der Waals surface area contributed by atoms with Crippen LogP contribution in [0.5, 0.6) is 0 Å². The van der Waals surface area contributed by atoms with Gasteiger partial charge in [-0.2, -0.15) is 0 Å². The van der Waals surface area contributed by atoms with Gasteiger partial charge in [0.1, 0.15) is 10.7 Å². The molecule has 2 N–H and O–H groups in total. The first kappa shape index (κ1) is 17.8. The molecule has 2 aromatic carbocycles. The van der Waals surface area contributed by atoms with Crippen LogP contribution in [0.1, 0.15) is 11.1 Å². The second-order valence-electron chi connectivity index (χ2n) is 5.76. The molecule has 0 unspecified atom stereocenters. The lowest BCUT2D eigenvalue weighted by molar-refractivity contribution is 0.614. The molecule has 0 aliphatic carbocycles. The number of benzene rings is 1. The van der Waals surface area contributed by atoms with E-state index in [1.54, 1.807) is 55.8 Å². The van der Waals surface area contributed by atoms with Gasteiger partial charge in [-0.1, -0.05) is 18.2 Å². The molecule has 0 fully saturated rings. The van der Waals surface area contributed by atoms with E-state index < -0.39 is 10.7 Å². The summed E-state index contributed by atoms with van der Waals surface area (Å²) in [5.41, 5.74) is 2.15. The molecule has 0 atom stereocenters. The Morgan fingerprint density at radius 1 is 1.19 bits per heavy atom. The molecule has 6 nitrogen and oxygen atoms in total. The minimum absolute atomic E-state index is 0.104. The van der Waals surface area contributed by atoms with Crippen LogP contribution >= 0.6 is 0 Å². The van der Waals surface area contributed by atoms with Crippen LogP contribution in [0.4, 0.5) is 0 Å². The first-order valence-corrected chi connectivity index (χ1v) is 9.25. The number of nitrogens with zero attached hydrogens (tertiary/aromatic N) is 1. The second-order valence-corrected chi connectivity index (χ2v) is 6.75. The molecule has 0 radical (unpaired) electrons. The molecule has 0 saturated heterocycles. The summed E-state index contributed by atoms with van der Waals surface area (Å²) >= 11 is 0. The Hall–Kier alpha value is -3.06. The lowest BCUT2D eigenvalue weighted by Gasteiger charge is -2.02. The molecule has 0 bridgehead atoms. The molecule has 0 aliphatic heterocycles. The van der Waals surface area contributed by atoms with E-state index in [2.05, 4.69) is 10.3 Å². The summed E-state index contributed by atoms with van der Waals surface area (Å²) in [6.07, 6.45) is 4.46. The lowest BCUT2D eigenvalue weighted by atomic mass is 10.1. The third-order valence-corrected chi connectivity index (χ3v) is 4.67. The van der Waals surface area contributed by atoms with Gasteiger partial charge in [0.2, 0.25) is 0 Å². The fraction of sp³-hybridized carbons (Fsp3) is 0.105. The monoisotopic (exact) mass is 367 g/mol. The fourth-order valence-electron chi connectivity index (χ4n) is 2.82. The Balaban J connectivity index is 2.33. The zero-order valence-electron chi connectivity index (χ0n) is 14.0. The molecule has 0 spiro atoms. The van der Waals surface area contributed by atoms with Crippen LogP contribution in [0.3, 0.4) is 0 Å². The van der Waals surface area contributed by atoms with Crippen molar-refractivity contribution in [2.75, 3.05) is 7.05 Å². The molecule has 132 valence electrons. The third kappa shape index (κ3) is 3.48. The zero-order valence-corrected chi connectivity index (χ0v) is 14.9. The van der Waals surface area contributed by atoms with E-state index in [4.69, 9.17) is 5.41 Å². The van der Waals surface area contributed by atoms with Crippen molar-refractivity contribution in [1.29, 1.82) is 5.41 Å². The molecule has 3 aromatic rings. The molecular weight excluding hydrogens is 350 g/mol. The van der Waals surface area contributed by atoms with Gasteiger partial charge in [-0.3, -0.25) is 9.78 Å². The molecule has 3 rings (SSSR count). The van der Waals surface area contributed by atoms with Gasteiger partial charge in [-0.05, 0) is 29.1 Å². The smallest absolute Gasteiger partial charge is 0.195 e. The molecule has 0 saturated carbocycles. The average Bonchev–Trinajstić information content (AvgIpc) is 2.76. The minimum Gasteiger partial charge on any atom is -0.393 e. The number of thiol groups is 1. The first-order valence-electron chi connectivity index (χ1n) is 7.89. The van der Waals surface area contributed by atoms with Crippen LogP contribution in [0.2, 0.25) is 0 Å². The maximum absolute atomic E-state index is 13.1. The van der Waals surface area contributed by atoms with E-state index in [0.717, 1.165) is 5.39 Å². The van der Waals surface area contributed by atoms with Crippen molar-refractivity contribution >= 4 is 44.2 Å². The number of fused-ring (bicyclic) bond motifs is 2. The largest absolute Gasteiger partial charge is 0.393 e. The Kier molecular flexibility index (Phi) is 5.09. The maximum Gasteiger partial charge on any atom is 0.195 e. The van der Waals surface area contributed by atoms with Crippen molar-refractivity contribution in [1.82, 2.24) is 10.3 Å². The van der Waals surface area contributed by atoms with Gasteiger partial charge >= 0.3 is 0 Å². The first-order chi connectivity index (χ1) is 12.5. The van der Waals surface area contributed by atoms with E-state index in [9.17, 15) is 13.2 Å². The minimum atomic E-state index is -2.56. The highest BCUT2D eigenvalue weighted by Gasteiger charge is 2.08. The fourth-order valence-corrected chi connectivity index (χ4v) is 3.31. The highest BCUT2D eigenvalue weighted by atomic mass is 32.2. The van der Waals surface area contributed by atoms with Crippen molar-refractivity contribution in [3.63, 3.8) is 0 Å². The Morgan fingerprint density at radius 3 is 2.65 bits per heavy atom. The number of hydrogen-bond donors (Lipinski definition) is 3. The van der Waals surface area contributed by atoms with Crippen LogP contribution in [0.15, 0.2) is 53.6 Å². The number of nitrogens with one attached hydrogen (secondary N) is 2. The van der Waals surface area contributed by atoms with Gasteiger partial charge in [0, 0.05) is 47.6 Å². The molecule has 0 aliphatic rings. The van der Waals surface area contributed by atoms with Gasteiger partial charge in [-0.25, -0.2) is 8.42 Å². The molecular formula is C19H17N3O3S. The van der Waals surface area contributed by atoms with Crippen molar-refractivity contribution in [2.24, 2.45) is 0 Å². The lowest BCUT2D eigenvalue weighted by Crippen LogP contribution is -2.02. The molecule has 0 amide bonds. The number of hydrogen-bond acceptors (Lipinski definition) is 6. The predicted octanol–water partition coefficient (Wildman–Crippen LogP) is 2.07. The van der Waals surface area contributed by atoms with E-state index >= 15 is 0 Å². The Morgan fingerprint density at radius 2 is 1.96 bits per heavy atom. The average molecular weight is 367 g/mol. The van der Waals surface area contributed by atoms with E-state index in [1.165, 1.54) is 6.21 Å². The Bertz CT molecular complexity index is 1180. The van der Waals surface area contributed by atoms with E-state index in [0.29, 0.717) is 33.0 Å². The summed E-state index contributed by atoms with van der Waals surface area (Å²) in [7, 11) is -0.836. The highest BCUT2D eigenvalue weighted by molar-refractivity contribution is 7.71. The summed E-state index contributed by atoms with van der Waals surface area (Å²) < 4.78 is 22.0. The molecule has 1 heterocycles. The van der Waals surface area contributed by atoms with Crippen molar-refractivity contribution < 1.29 is 8.42 Å². The van der Waals surface area contributed by atoms with Gasteiger partial charge in [-0.15, -0.1) is 0 Å². The standard InChI is InChI=1S/C19H17N3O3S/c1-21-9-15(8-20)14-7-17-18(22-10-14)5-4-13-3-2-12(11-26(24)25)6-16(13)19(17)23/h2-10,20-21,26H,11H2,1H3/b15-9+,20-8?. The summed E-state index contributed by atoms with van der Waals surface area (Å²) in [5, 5.41) is 12.0. The summed E-state index contributed by atoms with van der Waals surface area (Å²) in [6.45, 7) is 0. The number of rotatable bonds is 5. The topological polar surface area (TPSA) is 100.0 Å². The van der Waals surface area contributed by atoms with Gasteiger partial charge in [0.05, 0.1) is 11.3 Å². The van der Waals surface area contributed by atoms with Crippen LogP contribution in [-0.2, 0) is 16.5 Å². The SMILES string of the molecule is CN/C=C(\C=N)c1cnc2ccc3ccc(C[SH](=O)=O)cc3c(=O)c2c1. The summed E-state index contributed by atoms with van der Waals surface area (Å²) in [6, 6.07) is 10.3. The molecule has 1 aromatic heterocycles. The van der Waals surface area contributed by atoms with Crippen LogP contribution < -0.4 is 10.7 Å².